The zero-order valence-corrected chi connectivity index (χ0v) is 20.1. The first kappa shape index (κ1) is 23.3. The van der Waals surface area contributed by atoms with Gasteiger partial charge in [-0.25, -0.2) is 0 Å². The van der Waals surface area contributed by atoms with Crippen molar-refractivity contribution in [2.45, 2.75) is 59.8 Å². The van der Waals surface area contributed by atoms with Gasteiger partial charge in [0.1, 0.15) is 11.5 Å². The van der Waals surface area contributed by atoms with E-state index in [4.69, 9.17) is 9.47 Å². The van der Waals surface area contributed by atoms with Crippen molar-refractivity contribution in [2.75, 3.05) is 0 Å². The summed E-state index contributed by atoms with van der Waals surface area (Å²) >= 11 is 0. The summed E-state index contributed by atoms with van der Waals surface area (Å²) in [4.78, 5) is 26.7. The number of benzene rings is 2. The number of hydrogen-bond donors (Lipinski definition) is 0. The first-order valence-corrected chi connectivity index (χ1v) is 12.3. The van der Waals surface area contributed by atoms with E-state index in [-0.39, 0.29) is 23.8 Å². The normalized spacial score (nSPS) is 23.0. The Morgan fingerprint density at radius 2 is 1.12 bits per heavy atom. The predicted octanol–water partition coefficient (Wildman–Crippen LogP) is 5.89. The van der Waals surface area contributed by atoms with Crippen molar-refractivity contribution in [3.63, 3.8) is 0 Å². The topological polar surface area (TPSA) is 52.6 Å². The minimum absolute atomic E-state index is 0.0214. The standard InChI is InChI=1S/C29H34O4/c1-5-18-9-13-24(20(7-3)15-18)32-28(30)26-22-11-12-23(17-22)27(26)29(31)33-25-14-10-19(6-2)16-21(25)8-4/h9-16,22-23,26-27H,5-8,17H2,1-4H3. The summed E-state index contributed by atoms with van der Waals surface area (Å²) in [5, 5.41) is 0. The maximum atomic E-state index is 13.3. The second-order valence-corrected chi connectivity index (χ2v) is 9.14. The van der Waals surface area contributed by atoms with E-state index in [0.29, 0.717) is 11.5 Å². The minimum atomic E-state index is -0.511. The van der Waals surface area contributed by atoms with Gasteiger partial charge in [0.2, 0.25) is 0 Å². The fourth-order valence-electron chi connectivity index (χ4n) is 5.27. The number of allylic oxidation sites excluding steroid dienone is 2. The first-order valence-electron chi connectivity index (χ1n) is 12.3. The molecule has 4 nitrogen and oxygen atoms in total. The zero-order chi connectivity index (χ0) is 23.5. The third kappa shape index (κ3) is 4.62. The highest BCUT2D eigenvalue weighted by Gasteiger charge is 2.53. The highest BCUT2D eigenvalue weighted by Crippen LogP contribution is 2.49. The lowest BCUT2D eigenvalue weighted by Gasteiger charge is -2.25. The second kappa shape index (κ2) is 9.94. The molecule has 0 aliphatic heterocycles. The summed E-state index contributed by atoms with van der Waals surface area (Å²) in [5.74, 6) is -0.439. The molecule has 4 heteroatoms. The number of aryl methyl sites for hydroxylation is 4. The summed E-state index contributed by atoms with van der Waals surface area (Å²) in [7, 11) is 0. The van der Waals surface area contributed by atoms with E-state index in [0.717, 1.165) is 43.2 Å². The molecule has 0 heterocycles. The lowest BCUT2D eigenvalue weighted by Crippen LogP contribution is -2.37. The van der Waals surface area contributed by atoms with Crippen molar-refractivity contribution >= 4 is 11.9 Å². The van der Waals surface area contributed by atoms with Gasteiger partial charge in [0.15, 0.2) is 0 Å². The maximum Gasteiger partial charge on any atom is 0.315 e. The van der Waals surface area contributed by atoms with E-state index in [1.165, 1.54) is 11.1 Å². The van der Waals surface area contributed by atoms with Crippen molar-refractivity contribution < 1.29 is 19.1 Å². The molecule has 174 valence electrons. The monoisotopic (exact) mass is 446 g/mol. The van der Waals surface area contributed by atoms with Gasteiger partial charge in [-0.05, 0) is 78.3 Å². The molecule has 4 rings (SSSR count). The molecule has 1 fully saturated rings. The molecule has 1 saturated carbocycles. The molecule has 2 aliphatic carbocycles. The Morgan fingerprint density at radius 1 is 0.697 bits per heavy atom. The molecule has 2 aromatic rings. The second-order valence-electron chi connectivity index (χ2n) is 9.14. The molecule has 2 aromatic carbocycles. The van der Waals surface area contributed by atoms with Crippen LogP contribution >= 0.6 is 0 Å². The number of rotatable bonds is 8. The minimum Gasteiger partial charge on any atom is -0.426 e. The van der Waals surface area contributed by atoms with Crippen LogP contribution < -0.4 is 9.47 Å². The lowest BCUT2D eigenvalue weighted by atomic mass is 9.83. The molecule has 0 amide bonds. The number of ether oxygens (including phenoxy) is 2. The summed E-state index contributed by atoms with van der Waals surface area (Å²) < 4.78 is 11.8. The number of carbonyl (C=O) groups is 2. The van der Waals surface area contributed by atoms with Gasteiger partial charge in [0.05, 0.1) is 11.8 Å². The van der Waals surface area contributed by atoms with E-state index in [1.54, 1.807) is 0 Å². The van der Waals surface area contributed by atoms with Crippen molar-refractivity contribution in [1.82, 2.24) is 0 Å². The van der Waals surface area contributed by atoms with E-state index in [9.17, 15) is 9.59 Å². The van der Waals surface area contributed by atoms with Gasteiger partial charge >= 0.3 is 11.9 Å². The number of esters is 2. The van der Waals surface area contributed by atoms with E-state index < -0.39 is 11.8 Å². The predicted molar refractivity (Wildman–Crippen MR) is 129 cm³/mol. The molecule has 0 N–H and O–H groups in total. The van der Waals surface area contributed by atoms with Crippen molar-refractivity contribution in [2.24, 2.45) is 23.7 Å². The number of fused-ring (bicyclic) bond motifs is 2. The average Bonchev–Trinajstić information content (AvgIpc) is 3.46. The van der Waals surface area contributed by atoms with Gasteiger partial charge < -0.3 is 9.47 Å². The summed E-state index contributed by atoms with van der Waals surface area (Å²) in [6, 6.07) is 12.0. The third-order valence-electron chi connectivity index (χ3n) is 7.25. The highest BCUT2D eigenvalue weighted by atomic mass is 16.5. The van der Waals surface area contributed by atoms with Crippen LogP contribution in [0.25, 0.3) is 0 Å². The van der Waals surface area contributed by atoms with Gasteiger partial charge in [-0.1, -0.05) is 64.1 Å². The Hall–Kier alpha value is -2.88. The summed E-state index contributed by atoms with van der Waals surface area (Å²) in [5.41, 5.74) is 4.47. The van der Waals surface area contributed by atoms with Crippen LogP contribution in [0, 0.1) is 23.7 Å². The Kier molecular flexibility index (Phi) is 7.02. The number of hydrogen-bond acceptors (Lipinski definition) is 4. The van der Waals surface area contributed by atoms with Crippen LogP contribution in [-0.4, -0.2) is 11.9 Å². The summed E-state index contributed by atoms with van der Waals surface area (Å²) in [6.45, 7) is 8.33. The molecule has 4 atom stereocenters. The van der Waals surface area contributed by atoms with Crippen LogP contribution in [0.2, 0.25) is 0 Å². The average molecular weight is 447 g/mol. The molecule has 33 heavy (non-hydrogen) atoms. The fourth-order valence-corrected chi connectivity index (χ4v) is 5.27. The molecule has 0 saturated heterocycles. The molecule has 4 unspecified atom stereocenters. The van der Waals surface area contributed by atoms with Crippen LogP contribution in [0.5, 0.6) is 11.5 Å². The molecular formula is C29H34O4. The Labute approximate surface area is 197 Å². The molecular weight excluding hydrogens is 412 g/mol. The molecule has 2 aliphatic rings. The lowest BCUT2D eigenvalue weighted by molar-refractivity contribution is -0.151. The zero-order valence-electron chi connectivity index (χ0n) is 20.1. The van der Waals surface area contributed by atoms with Gasteiger partial charge in [-0.15, -0.1) is 0 Å². The highest BCUT2D eigenvalue weighted by molar-refractivity contribution is 5.86. The Bertz CT molecular complexity index is 984. The molecule has 0 radical (unpaired) electrons. The third-order valence-corrected chi connectivity index (χ3v) is 7.25. The SMILES string of the molecule is CCc1ccc(OC(=O)C2C3C=CC(C3)C2C(=O)Oc2ccc(CC)cc2CC)c(CC)c1. The largest absolute Gasteiger partial charge is 0.426 e. The van der Waals surface area contributed by atoms with Crippen LogP contribution in [0.3, 0.4) is 0 Å². The van der Waals surface area contributed by atoms with Crippen molar-refractivity contribution in [3.05, 3.63) is 70.8 Å². The van der Waals surface area contributed by atoms with Gasteiger partial charge in [0, 0.05) is 0 Å². The first-order chi connectivity index (χ1) is 16.0. The van der Waals surface area contributed by atoms with Crippen LogP contribution in [0.1, 0.15) is 56.4 Å². The summed E-state index contributed by atoms with van der Waals surface area (Å²) in [6.07, 6.45) is 8.36. The van der Waals surface area contributed by atoms with Gasteiger partial charge in [0.25, 0.3) is 0 Å². The quantitative estimate of drug-likeness (QED) is 0.288. The molecule has 0 spiro atoms. The van der Waals surface area contributed by atoms with E-state index in [1.807, 2.05) is 24.3 Å². The Balaban J connectivity index is 1.55. The maximum absolute atomic E-state index is 13.3. The smallest absolute Gasteiger partial charge is 0.315 e. The molecule has 0 aromatic heterocycles. The van der Waals surface area contributed by atoms with Gasteiger partial charge in [-0.3, -0.25) is 9.59 Å². The van der Waals surface area contributed by atoms with Crippen LogP contribution in [0.4, 0.5) is 0 Å². The van der Waals surface area contributed by atoms with Gasteiger partial charge in [-0.2, -0.15) is 0 Å². The van der Waals surface area contributed by atoms with Crippen molar-refractivity contribution in [1.29, 1.82) is 0 Å². The van der Waals surface area contributed by atoms with Crippen LogP contribution in [-0.2, 0) is 35.3 Å². The fraction of sp³-hybridized carbons (Fsp3) is 0.448. The van der Waals surface area contributed by atoms with E-state index >= 15 is 0 Å². The number of carbonyl (C=O) groups excluding carboxylic acids is 2. The van der Waals surface area contributed by atoms with Crippen LogP contribution in [0.15, 0.2) is 48.6 Å². The Morgan fingerprint density at radius 3 is 1.48 bits per heavy atom. The van der Waals surface area contributed by atoms with E-state index in [2.05, 4.69) is 52.0 Å². The molecule has 2 bridgehead atoms. The van der Waals surface area contributed by atoms with Crippen molar-refractivity contribution in [3.8, 4) is 11.5 Å².